The second-order valence-electron chi connectivity index (χ2n) is 5.97. The Morgan fingerprint density at radius 2 is 1.95 bits per heavy atom. The molecule has 0 unspecified atom stereocenters. The van der Waals surface area contributed by atoms with Gasteiger partial charge < -0.3 is 10.2 Å². The van der Waals surface area contributed by atoms with Crippen molar-refractivity contribution in [2.75, 3.05) is 26.2 Å². The van der Waals surface area contributed by atoms with Crippen molar-refractivity contribution in [3.8, 4) is 0 Å². The van der Waals surface area contributed by atoms with Crippen LogP contribution in [0.15, 0.2) is 11.4 Å². The van der Waals surface area contributed by atoms with E-state index in [0.29, 0.717) is 5.41 Å². The molecule has 2 aliphatic rings. The molecule has 3 rings (SSSR count). The summed E-state index contributed by atoms with van der Waals surface area (Å²) in [6.07, 6.45) is 4.94. The van der Waals surface area contributed by atoms with Crippen molar-refractivity contribution in [1.29, 1.82) is 0 Å². The number of hydrogen-bond donors (Lipinski definition) is 1. The van der Waals surface area contributed by atoms with E-state index >= 15 is 0 Å². The van der Waals surface area contributed by atoms with Crippen LogP contribution in [0.2, 0.25) is 0 Å². The lowest BCUT2D eigenvalue weighted by molar-refractivity contribution is 0.0499. The summed E-state index contributed by atoms with van der Waals surface area (Å²) < 4.78 is 0. The Labute approximate surface area is 119 Å². The Morgan fingerprint density at radius 3 is 2.53 bits per heavy atom. The zero-order valence-corrected chi connectivity index (χ0v) is 12.4. The minimum absolute atomic E-state index is 0.247. The standard InChI is InChI=1S/C15H22N2OS/c1-12-2-11-19-13(12)14(18)17-9-5-15(6-10-17)3-7-16-8-4-15/h2,11,16H,3-10H2,1H3. The van der Waals surface area contributed by atoms with Gasteiger partial charge in [0, 0.05) is 13.1 Å². The minimum Gasteiger partial charge on any atom is -0.338 e. The highest BCUT2D eigenvalue weighted by molar-refractivity contribution is 7.12. The largest absolute Gasteiger partial charge is 0.338 e. The first kappa shape index (κ1) is 13.1. The summed E-state index contributed by atoms with van der Waals surface area (Å²) in [6.45, 7) is 6.21. The number of amides is 1. The third-order valence-corrected chi connectivity index (χ3v) is 5.84. The molecular weight excluding hydrogens is 256 g/mol. The van der Waals surface area contributed by atoms with Crippen molar-refractivity contribution in [1.82, 2.24) is 10.2 Å². The van der Waals surface area contributed by atoms with Crippen LogP contribution in [0.1, 0.15) is 40.9 Å². The number of carbonyl (C=O) groups is 1. The fourth-order valence-electron chi connectivity index (χ4n) is 3.38. The average molecular weight is 278 g/mol. The van der Waals surface area contributed by atoms with E-state index in [-0.39, 0.29) is 5.91 Å². The Bertz CT molecular complexity index is 452. The molecule has 2 fully saturated rings. The molecular formula is C15H22N2OS. The van der Waals surface area contributed by atoms with Crippen LogP contribution in [0, 0.1) is 12.3 Å². The number of carbonyl (C=O) groups excluding carboxylic acids is 1. The molecule has 0 bridgehead atoms. The lowest BCUT2D eigenvalue weighted by atomic mass is 9.71. The molecule has 1 aromatic rings. The maximum Gasteiger partial charge on any atom is 0.264 e. The summed E-state index contributed by atoms with van der Waals surface area (Å²) >= 11 is 1.58. The van der Waals surface area contributed by atoms with Gasteiger partial charge >= 0.3 is 0 Å². The molecule has 2 saturated heterocycles. The average Bonchev–Trinajstić information content (AvgIpc) is 2.86. The van der Waals surface area contributed by atoms with E-state index in [9.17, 15) is 4.79 Å². The highest BCUT2D eigenvalue weighted by Gasteiger charge is 2.37. The SMILES string of the molecule is Cc1ccsc1C(=O)N1CCC2(CCNCC2)CC1. The number of aryl methyl sites for hydroxylation is 1. The van der Waals surface area contributed by atoms with E-state index in [1.54, 1.807) is 11.3 Å². The maximum atomic E-state index is 12.5. The quantitative estimate of drug-likeness (QED) is 0.856. The van der Waals surface area contributed by atoms with Gasteiger partial charge in [-0.05, 0) is 68.1 Å². The molecule has 0 aromatic carbocycles. The third-order valence-electron chi connectivity index (χ3n) is 4.83. The summed E-state index contributed by atoms with van der Waals surface area (Å²) in [4.78, 5) is 15.5. The van der Waals surface area contributed by atoms with Crippen LogP contribution in [-0.2, 0) is 0 Å². The Hall–Kier alpha value is -0.870. The molecule has 19 heavy (non-hydrogen) atoms. The first-order valence-corrected chi connectivity index (χ1v) is 8.12. The molecule has 1 N–H and O–H groups in total. The fraction of sp³-hybridized carbons (Fsp3) is 0.667. The molecule has 3 nitrogen and oxygen atoms in total. The van der Waals surface area contributed by atoms with Gasteiger partial charge in [0.15, 0.2) is 0 Å². The molecule has 1 amide bonds. The van der Waals surface area contributed by atoms with Gasteiger partial charge in [0.05, 0.1) is 4.88 Å². The number of nitrogens with zero attached hydrogens (tertiary/aromatic N) is 1. The molecule has 3 heterocycles. The molecule has 1 spiro atoms. The number of rotatable bonds is 1. The lowest BCUT2D eigenvalue weighted by Crippen LogP contribution is -2.47. The number of nitrogens with one attached hydrogen (secondary N) is 1. The van der Waals surface area contributed by atoms with E-state index in [1.807, 2.05) is 18.4 Å². The first-order valence-electron chi connectivity index (χ1n) is 7.24. The normalized spacial score (nSPS) is 22.7. The molecule has 104 valence electrons. The molecule has 0 radical (unpaired) electrons. The van der Waals surface area contributed by atoms with E-state index in [0.717, 1.165) is 36.6 Å². The number of likely N-dealkylation sites (tertiary alicyclic amines) is 1. The van der Waals surface area contributed by atoms with Gasteiger partial charge in [0.25, 0.3) is 5.91 Å². The highest BCUT2D eigenvalue weighted by atomic mass is 32.1. The topological polar surface area (TPSA) is 32.3 Å². The van der Waals surface area contributed by atoms with Gasteiger partial charge in [-0.1, -0.05) is 0 Å². The summed E-state index contributed by atoms with van der Waals surface area (Å²) in [6, 6.07) is 2.04. The van der Waals surface area contributed by atoms with Crippen molar-refractivity contribution < 1.29 is 4.79 Å². The van der Waals surface area contributed by atoms with Gasteiger partial charge in [-0.15, -0.1) is 11.3 Å². The van der Waals surface area contributed by atoms with Gasteiger partial charge in [0.2, 0.25) is 0 Å². The van der Waals surface area contributed by atoms with Crippen LogP contribution in [-0.4, -0.2) is 37.0 Å². The Kier molecular flexibility index (Phi) is 3.63. The predicted molar refractivity (Wildman–Crippen MR) is 78.7 cm³/mol. The van der Waals surface area contributed by atoms with E-state index in [4.69, 9.17) is 0 Å². The van der Waals surface area contributed by atoms with Crippen molar-refractivity contribution in [2.45, 2.75) is 32.6 Å². The zero-order valence-electron chi connectivity index (χ0n) is 11.6. The predicted octanol–water partition coefficient (Wildman–Crippen LogP) is 2.66. The molecule has 0 atom stereocenters. The van der Waals surface area contributed by atoms with E-state index < -0.39 is 0 Å². The summed E-state index contributed by atoms with van der Waals surface area (Å²) in [5.74, 6) is 0.247. The van der Waals surface area contributed by atoms with Crippen molar-refractivity contribution in [2.24, 2.45) is 5.41 Å². The zero-order chi connectivity index (χ0) is 13.3. The van der Waals surface area contributed by atoms with Crippen molar-refractivity contribution >= 4 is 17.2 Å². The van der Waals surface area contributed by atoms with Gasteiger partial charge in [-0.3, -0.25) is 4.79 Å². The van der Waals surface area contributed by atoms with Crippen LogP contribution in [0.3, 0.4) is 0 Å². The van der Waals surface area contributed by atoms with Crippen molar-refractivity contribution in [3.63, 3.8) is 0 Å². The molecule has 0 aliphatic carbocycles. The van der Waals surface area contributed by atoms with Gasteiger partial charge in [0.1, 0.15) is 0 Å². The van der Waals surface area contributed by atoms with E-state index in [2.05, 4.69) is 10.2 Å². The third kappa shape index (κ3) is 2.56. The van der Waals surface area contributed by atoms with Crippen molar-refractivity contribution in [3.05, 3.63) is 21.9 Å². The second-order valence-corrected chi connectivity index (χ2v) is 6.89. The van der Waals surface area contributed by atoms with Gasteiger partial charge in [-0.25, -0.2) is 0 Å². The summed E-state index contributed by atoms with van der Waals surface area (Å²) in [5.41, 5.74) is 1.64. The minimum atomic E-state index is 0.247. The Morgan fingerprint density at radius 1 is 1.26 bits per heavy atom. The van der Waals surface area contributed by atoms with Crippen LogP contribution in [0.4, 0.5) is 0 Å². The fourth-order valence-corrected chi connectivity index (χ4v) is 4.27. The van der Waals surface area contributed by atoms with Gasteiger partial charge in [-0.2, -0.15) is 0 Å². The Balaban J connectivity index is 1.64. The second kappa shape index (κ2) is 5.25. The highest BCUT2D eigenvalue weighted by Crippen LogP contribution is 2.39. The lowest BCUT2D eigenvalue weighted by Gasteiger charge is -2.44. The smallest absolute Gasteiger partial charge is 0.264 e. The van der Waals surface area contributed by atoms with Crippen LogP contribution in [0.25, 0.3) is 0 Å². The van der Waals surface area contributed by atoms with E-state index in [1.165, 1.54) is 25.7 Å². The van der Waals surface area contributed by atoms with Crippen LogP contribution in [0.5, 0.6) is 0 Å². The number of hydrogen-bond acceptors (Lipinski definition) is 3. The summed E-state index contributed by atoms with van der Waals surface area (Å²) in [5, 5.41) is 5.46. The molecule has 1 aromatic heterocycles. The monoisotopic (exact) mass is 278 g/mol. The molecule has 2 aliphatic heterocycles. The molecule has 0 saturated carbocycles. The summed E-state index contributed by atoms with van der Waals surface area (Å²) in [7, 11) is 0. The maximum absolute atomic E-state index is 12.5. The molecule has 4 heteroatoms. The number of thiophene rings is 1. The number of piperidine rings is 2. The van der Waals surface area contributed by atoms with Crippen LogP contribution >= 0.6 is 11.3 Å². The first-order chi connectivity index (χ1) is 9.20. The van der Waals surface area contributed by atoms with Crippen LogP contribution < -0.4 is 5.32 Å².